The van der Waals surface area contributed by atoms with E-state index in [1.165, 1.54) is 0 Å². The van der Waals surface area contributed by atoms with E-state index in [0.29, 0.717) is 62.8 Å². The number of amides is 3. The van der Waals surface area contributed by atoms with Gasteiger partial charge in [-0.25, -0.2) is 0 Å². The zero-order valence-electron chi connectivity index (χ0n) is 19.7. The van der Waals surface area contributed by atoms with Gasteiger partial charge in [-0.15, -0.1) is 0 Å². The van der Waals surface area contributed by atoms with Gasteiger partial charge in [0, 0.05) is 51.3 Å². The molecule has 1 N–H and O–H groups in total. The fraction of sp³-hybridized carbons (Fsp3) is 0.370. The van der Waals surface area contributed by atoms with Gasteiger partial charge in [0.25, 0.3) is 0 Å². The minimum Gasteiger partial charge on any atom is -0.340 e. The summed E-state index contributed by atoms with van der Waals surface area (Å²) in [6.07, 6.45) is 4.81. The number of nitrogens with zero attached hydrogens (tertiary/aromatic N) is 3. The lowest BCUT2D eigenvalue weighted by molar-refractivity contribution is -0.141. The molecule has 0 spiro atoms. The molecule has 0 unspecified atom stereocenters. The van der Waals surface area contributed by atoms with Gasteiger partial charge in [-0.1, -0.05) is 54.1 Å². The third-order valence-electron chi connectivity index (χ3n) is 6.57. The van der Waals surface area contributed by atoms with E-state index in [-0.39, 0.29) is 30.2 Å². The maximum atomic E-state index is 13.0. The summed E-state index contributed by atoms with van der Waals surface area (Å²) in [6.45, 7) is 3.98. The summed E-state index contributed by atoms with van der Waals surface area (Å²) in [5, 5.41) is 3.35. The molecular formula is C27H31ClN4O3. The molecule has 0 atom stereocenters. The Morgan fingerprint density at radius 1 is 0.857 bits per heavy atom. The summed E-state index contributed by atoms with van der Waals surface area (Å²) >= 11 is 6.11. The van der Waals surface area contributed by atoms with Crippen molar-refractivity contribution in [3.05, 3.63) is 71.3 Å². The molecule has 0 aliphatic carbocycles. The second kappa shape index (κ2) is 12.0. The van der Waals surface area contributed by atoms with Crippen LogP contribution in [-0.4, -0.2) is 78.2 Å². The van der Waals surface area contributed by atoms with Gasteiger partial charge in [0.1, 0.15) is 0 Å². The zero-order valence-corrected chi connectivity index (χ0v) is 20.5. The number of hydrogen-bond acceptors (Lipinski definition) is 4. The van der Waals surface area contributed by atoms with E-state index in [1.54, 1.807) is 18.2 Å². The van der Waals surface area contributed by atoms with E-state index < -0.39 is 0 Å². The Labute approximate surface area is 211 Å². The lowest BCUT2D eigenvalue weighted by atomic mass is 9.95. The molecule has 0 bridgehead atoms. The number of para-hydroxylation sites is 1. The van der Waals surface area contributed by atoms with Crippen LogP contribution in [0.3, 0.4) is 0 Å². The van der Waals surface area contributed by atoms with Crippen molar-refractivity contribution in [3.8, 4) is 0 Å². The summed E-state index contributed by atoms with van der Waals surface area (Å²) in [5.41, 5.74) is 1.60. The number of carbonyl (C=O) groups is 3. The largest absolute Gasteiger partial charge is 0.340 e. The average Bonchev–Trinajstić information content (AvgIpc) is 2.89. The molecule has 3 amide bonds. The summed E-state index contributed by atoms with van der Waals surface area (Å²) in [6, 6.07) is 16.9. The van der Waals surface area contributed by atoms with Crippen molar-refractivity contribution < 1.29 is 14.4 Å². The number of carbonyl (C=O) groups excluding carboxylic acids is 3. The maximum Gasteiger partial charge on any atom is 0.246 e. The van der Waals surface area contributed by atoms with Gasteiger partial charge in [-0.3, -0.25) is 19.3 Å². The van der Waals surface area contributed by atoms with E-state index in [0.717, 1.165) is 5.56 Å². The number of benzene rings is 2. The fourth-order valence-electron chi connectivity index (χ4n) is 4.52. The number of rotatable bonds is 6. The van der Waals surface area contributed by atoms with Crippen LogP contribution in [0.4, 0.5) is 5.69 Å². The average molecular weight is 495 g/mol. The van der Waals surface area contributed by atoms with Gasteiger partial charge in [0.05, 0.1) is 17.3 Å². The molecule has 0 saturated carbocycles. The van der Waals surface area contributed by atoms with E-state index >= 15 is 0 Å². The van der Waals surface area contributed by atoms with Crippen LogP contribution in [-0.2, 0) is 14.4 Å². The highest BCUT2D eigenvalue weighted by atomic mass is 35.5. The van der Waals surface area contributed by atoms with Crippen molar-refractivity contribution in [1.82, 2.24) is 14.7 Å². The first-order chi connectivity index (χ1) is 17.0. The molecule has 2 aromatic carbocycles. The highest BCUT2D eigenvalue weighted by Crippen LogP contribution is 2.22. The van der Waals surface area contributed by atoms with Crippen molar-refractivity contribution >= 4 is 41.1 Å². The fourth-order valence-corrected chi connectivity index (χ4v) is 4.71. The number of piperidine rings is 1. The monoisotopic (exact) mass is 494 g/mol. The molecule has 35 heavy (non-hydrogen) atoms. The Balaban J connectivity index is 1.18. The van der Waals surface area contributed by atoms with Gasteiger partial charge in [0.15, 0.2) is 0 Å². The molecule has 2 fully saturated rings. The van der Waals surface area contributed by atoms with Crippen molar-refractivity contribution in [1.29, 1.82) is 0 Å². The third kappa shape index (κ3) is 6.93. The molecule has 0 aromatic heterocycles. The molecule has 2 aromatic rings. The topological polar surface area (TPSA) is 73.0 Å². The van der Waals surface area contributed by atoms with Crippen LogP contribution >= 0.6 is 11.6 Å². The van der Waals surface area contributed by atoms with Crippen molar-refractivity contribution in [2.45, 2.75) is 12.8 Å². The smallest absolute Gasteiger partial charge is 0.246 e. The molecular weight excluding hydrogens is 464 g/mol. The Morgan fingerprint density at radius 3 is 2.20 bits per heavy atom. The first kappa shape index (κ1) is 24.9. The van der Waals surface area contributed by atoms with Crippen LogP contribution in [0, 0.1) is 5.92 Å². The Hall–Kier alpha value is -3.16. The Bertz CT molecular complexity index is 1060. The van der Waals surface area contributed by atoms with Crippen molar-refractivity contribution in [3.63, 3.8) is 0 Å². The van der Waals surface area contributed by atoms with Crippen LogP contribution in [0.2, 0.25) is 5.02 Å². The SMILES string of the molecule is O=C(CN1CCN(C(=O)C2CCN(C(=O)/C=C/c3ccccc3)CC2)CC1)Nc1ccccc1Cl. The Kier molecular flexibility index (Phi) is 8.55. The molecule has 184 valence electrons. The summed E-state index contributed by atoms with van der Waals surface area (Å²) in [5.74, 6) is -0.0102. The predicted octanol–water partition coefficient (Wildman–Crippen LogP) is 3.37. The van der Waals surface area contributed by atoms with Gasteiger partial charge < -0.3 is 15.1 Å². The number of halogens is 1. The van der Waals surface area contributed by atoms with E-state index in [1.807, 2.05) is 58.3 Å². The van der Waals surface area contributed by atoms with Crippen LogP contribution in [0.15, 0.2) is 60.7 Å². The molecule has 2 heterocycles. The Morgan fingerprint density at radius 2 is 1.51 bits per heavy atom. The maximum absolute atomic E-state index is 13.0. The van der Waals surface area contributed by atoms with Crippen molar-refractivity contribution in [2.75, 3.05) is 51.1 Å². The van der Waals surface area contributed by atoms with Gasteiger partial charge in [-0.2, -0.15) is 0 Å². The van der Waals surface area contributed by atoms with Crippen molar-refractivity contribution in [2.24, 2.45) is 5.92 Å². The van der Waals surface area contributed by atoms with E-state index in [9.17, 15) is 14.4 Å². The first-order valence-corrected chi connectivity index (χ1v) is 12.4. The van der Waals surface area contributed by atoms with Crippen LogP contribution in [0.25, 0.3) is 6.08 Å². The quantitative estimate of drug-likeness (QED) is 0.625. The highest BCUT2D eigenvalue weighted by molar-refractivity contribution is 6.33. The molecule has 2 aliphatic rings. The number of likely N-dealkylation sites (tertiary alicyclic amines) is 1. The number of piperazine rings is 1. The van der Waals surface area contributed by atoms with Crippen LogP contribution in [0.5, 0.6) is 0 Å². The van der Waals surface area contributed by atoms with Crippen LogP contribution < -0.4 is 5.32 Å². The summed E-state index contributed by atoms with van der Waals surface area (Å²) in [7, 11) is 0. The minimum absolute atomic E-state index is 0.0107. The summed E-state index contributed by atoms with van der Waals surface area (Å²) in [4.78, 5) is 43.7. The minimum atomic E-state index is -0.115. The summed E-state index contributed by atoms with van der Waals surface area (Å²) < 4.78 is 0. The zero-order chi connectivity index (χ0) is 24.6. The molecule has 2 aliphatic heterocycles. The lowest BCUT2D eigenvalue weighted by Crippen LogP contribution is -2.53. The van der Waals surface area contributed by atoms with Gasteiger partial charge >= 0.3 is 0 Å². The van der Waals surface area contributed by atoms with Crippen LogP contribution in [0.1, 0.15) is 18.4 Å². The number of hydrogen-bond donors (Lipinski definition) is 1. The number of anilines is 1. The molecule has 2 saturated heterocycles. The van der Waals surface area contributed by atoms with E-state index in [4.69, 9.17) is 11.6 Å². The molecule has 8 heteroatoms. The highest BCUT2D eigenvalue weighted by Gasteiger charge is 2.31. The van der Waals surface area contributed by atoms with Gasteiger partial charge in [0.2, 0.25) is 17.7 Å². The first-order valence-electron chi connectivity index (χ1n) is 12.1. The predicted molar refractivity (Wildman–Crippen MR) is 138 cm³/mol. The van der Waals surface area contributed by atoms with E-state index in [2.05, 4.69) is 10.2 Å². The lowest BCUT2D eigenvalue weighted by Gasteiger charge is -2.38. The number of nitrogens with one attached hydrogen (secondary N) is 1. The molecule has 0 radical (unpaired) electrons. The molecule has 7 nitrogen and oxygen atoms in total. The normalized spacial score (nSPS) is 17.5. The standard InChI is InChI=1S/C27H31ClN4O3/c28-23-8-4-5-9-24(23)29-25(33)20-30-16-18-32(19-17-30)27(35)22-12-14-31(15-13-22)26(34)11-10-21-6-2-1-3-7-21/h1-11,22H,12-20H2,(H,29,33)/b11-10+. The molecule has 4 rings (SSSR count). The second-order valence-corrected chi connectivity index (χ2v) is 9.38. The third-order valence-corrected chi connectivity index (χ3v) is 6.90. The second-order valence-electron chi connectivity index (χ2n) is 8.97. The van der Waals surface area contributed by atoms with Gasteiger partial charge in [-0.05, 0) is 36.6 Å².